The monoisotopic (exact) mass is 260 g/mol. The van der Waals surface area contributed by atoms with Crippen LogP contribution in [0, 0.1) is 10.1 Å². The van der Waals surface area contributed by atoms with Crippen LogP contribution in [0.25, 0.3) is 0 Å². The molecule has 96 valence electrons. The molecule has 0 unspecified atom stereocenters. The summed E-state index contributed by atoms with van der Waals surface area (Å²) in [5, 5.41) is 10.7. The maximum absolute atomic E-state index is 12.7. The third-order valence-corrected chi connectivity index (χ3v) is 2.25. The Hall–Kier alpha value is -2.21. The van der Waals surface area contributed by atoms with Crippen LogP contribution in [0.15, 0.2) is 17.1 Å². The van der Waals surface area contributed by atoms with Crippen LogP contribution >= 0.6 is 0 Å². The molecule has 0 N–H and O–H groups in total. The molecule has 0 aliphatic carbocycles. The lowest BCUT2D eigenvalue weighted by atomic mass is 10.0. The van der Waals surface area contributed by atoms with Crippen molar-refractivity contribution < 1.29 is 22.9 Å². The molecule has 0 aliphatic heterocycles. The van der Waals surface area contributed by atoms with Crippen molar-refractivity contribution >= 4 is 17.5 Å². The highest BCUT2D eigenvalue weighted by Crippen LogP contribution is 2.39. The molecule has 0 bridgehead atoms. The Labute approximate surface area is 99.1 Å². The summed E-state index contributed by atoms with van der Waals surface area (Å²) in [6, 6.07) is 1.26. The van der Waals surface area contributed by atoms with E-state index in [1.807, 2.05) is 0 Å². The Balaban J connectivity index is 3.61. The molecule has 1 aromatic carbocycles. The lowest BCUT2D eigenvalue weighted by Crippen LogP contribution is -2.09. The summed E-state index contributed by atoms with van der Waals surface area (Å²) in [6.45, 7) is 1.44. The molecule has 0 atom stereocenters. The first-order valence-electron chi connectivity index (χ1n) is 4.77. The number of carbonyl (C=O) groups excluding carboxylic acids is 1. The number of isocyanates is 1. The van der Waals surface area contributed by atoms with Crippen molar-refractivity contribution in [2.45, 2.75) is 19.5 Å². The largest absolute Gasteiger partial charge is 0.416 e. The van der Waals surface area contributed by atoms with Crippen LogP contribution in [0.5, 0.6) is 0 Å². The minimum absolute atomic E-state index is 0.0270. The zero-order valence-electron chi connectivity index (χ0n) is 9.11. The van der Waals surface area contributed by atoms with E-state index >= 15 is 0 Å². The van der Waals surface area contributed by atoms with Gasteiger partial charge in [-0.25, -0.2) is 4.79 Å². The Morgan fingerprint density at radius 3 is 2.44 bits per heavy atom. The topological polar surface area (TPSA) is 72.6 Å². The van der Waals surface area contributed by atoms with E-state index < -0.39 is 28.0 Å². The van der Waals surface area contributed by atoms with Gasteiger partial charge in [0, 0.05) is 6.07 Å². The molecule has 0 heterocycles. The molecule has 0 amide bonds. The first-order valence-corrected chi connectivity index (χ1v) is 4.77. The maximum atomic E-state index is 12.7. The molecule has 0 saturated heterocycles. The number of benzene rings is 1. The fourth-order valence-corrected chi connectivity index (χ4v) is 1.46. The van der Waals surface area contributed by atoms with Crippen LogP contribution in [0.1, 0.15) is 18.1 Å². The number of rotatable bonds is 3. The van der Waals surface area contributed by atoms with Crippen LogP contribution in [-0.2, 0) is 17.4 Å². The maximum Gasteiger partial charge on any atom is 0.416 e. The standard InChI is InChI=1S/C10H7F3N2O3/c1-2-6-3-9(15(17)18)8(14-5-16)4-7(6)10(11,12)13/h3-4H,2H2,1H3. The van der Waals surface area contributed by atoms with Crippen LogP contribution in [-0.4, -0.2) is 11.0 Å². The van der Waals surface area contributed by atoms with Gasteiger partial charge in [-0.2, -0.15) is 18.2 Å². The van der Waals surface area contributed by atoms with Gasteiger partial charge in [-0.3, -0.25) is 10.1 Å². The molecule has 18 heavy (non-hydrogen) atoms. The van der Waals surface area contributed by atoms with Crippen molar-refractivity contribution in [1.29, 1.82) is 0 Å². The predicted molar refractivity (Wildman–Crippen MR) is 55.3 cm³/mol. The SMILES string of the molecule is CCc1cc([N+](=O)[O-])c(N=C=O)cc1C(F)(F)F. The number of halogens is 3. The zero-order chi connectivity index (χ0) is 13.9. The summed E-state index contributed by atoms with van der Waals surface area (Å²) >= 11 is 0. The lowest BCUT2D eigenvalue weighted by molar-refractivity contribution is -0.384. The highest BCUT2D eigenvalue weighted by Gasteiger charge is 2.35. The van der Waals surface area contributed by atoms with Crippen molar-refractivity contribution in [2.24, 2.45) is 4.99 Å². The molecule has 1 aromatic rings. The summed E-state index contributed by atoms with van der Waals surface area (Å²) in [7, 11) is 0. The third-order valence-electron chi connectivity index (χ3n) is 2.25. The number of alkyl halides is 3. The van der Waals surface area contributed by atoms with Crippen molar-refractivity contribution in [3.63, 3.8) is 0 Å². The smallest absolute Gasteiger partial charge is 0.258 e. The average molecular weight is 260 g/mol. The number of nitro benzene ring substituents is 1. The van der Waals surface area contributed by atoms with Crippen molar-refractivity contribution in [2.75, 3.05) is 0 Å². The number of hydrogen-bond acceptors (Lipinski definition) is 4. The van der Waals surface area contributed by atoms with E-state index in [0.717, 1.165) is 12.1 Å². The molecule has 8 heteroatoms. The number of nitro groups is 1. The fourth-order valence-electron chi connectivity index (χ4n) is 1.46. The van der Waals surface area contributed by atoms with Gasteiger partial charge in [0.2, 0.25) is 6.08 Å². The normalized spacial score (nSPS) is 10.9. The molecule has 0 spiro atoms. The van der Waals surface area contributed by atoms with Crippen LogP contribution in [0.3, 0.4) is 0 Å². The quantitative estimate of drug-likeness (QED) is 0.362. The van der Waals surface area contributed by atoms with E-state index in [1.54, 1.807) is 0 Å². The van der Waals surface area contributed by atoms with Gasteiger partial charge < -0.3 is 0 Å². The second-order valence-corrected chi connectivity index (χ2v) is 3.31. The van der Waals surface area contributed by atoms with Crippen LogP contribution in [0.4, 0.5) is 24.5 Å². The summed E-state index contributed by atoms with van der Waals surface area (Å²) < 4.78 is 38.0. The number of aryl methyl sites for hydroxylation is 1. The van der Waals surface area contributed by atoms with Gasteiger partial charge in [0.25, 0.3) is 5.69 Å². The molecule has 0 saturated carbocycles. The minimum atomic E-state index is -4.66. The van der Waals surface area contributed by atoms with Crippen molar-refractivity contribution in [3.8, 4) is 0 Å². The first-order chi connectivity index (χ1) is 8.31. The Morgan fingerprint density at radius 2 is 2.06 bits per heavy atom. The number of nitrogens with zero attached hydrogens (tertiary/aromatic N) is 2. The molecule has 0 aromatic heterocycles. The molecule has 0 fully saturated rings. The van der Waals surface area contributed by atoms with Gasteiger partial charge in [-0.1, -0.05) is 6.92 Å². The summed E-state index contributed by atoms with van der Waals surface area (Å²) in [5.74, 6) is 0. The van der Waals surface area contributed by atoms with E-state index in [9.17, 15) is 28.1 Å². The molecule has 1 rings (SSSR count). The molecule has 0 aliphatic rings. The van der Waals surface area contributed by atoms with Gasteiger partial charge in [-0.05, 0) is 18.1 Å². The highest BCUT2D eigenvalue weighted by atomic mass is 19.4. The second kappa shape index (κ2) is 4.97. The highest BCUT2D eigenvalue weighted by molar-refractivity contribution is 5.65. The van der Waals surface area contributed by atoms with Crippen molar-refractivity contribution in [1.82, 2.24) is 0 Å². The van der Waals surface area contributed by atoms with E-state index in [1.165, 1.54) is 6.92 Å². The molecular formula is C10H7F3N2O3. The van der Waals surface area contributed by atoms with E-state index in [-0.39, 0.29) is 12.0 Å². The summed E-state index contributed by atoms with van der Waals surface area (Å²) in [6.07, 6.45) is -3.69. The van der Waals surface area contributed by atoms with Gasteiger partial charge in [0.05, 0.1) is 10.5 Å². The van der Waals surface area contributed by atoms with Gasteiger partial charge >= 0.3 is 6.18 Å². The minimum Gasteiger partial charge on any atom is -0.258 e. The van der Waals surface area contributed by atoms with E-state index in [2.05, 4.69) is 4.99 Å². The fraction of sp³-hybridized carbons (Fsp3) is 0.300. The summed E-state index contributed by atoms with van der Waals surface area (Å²) in [4.78, 5) is 22.8. The second-order valence-electron chi connectivity index (χ2n) is 3.31. The van der Waals surface area contributed by atoms with E-state index in [4.69, 9.17) is 0 Å². The van der Waals surface area contributed by atoms with E-state index in [0.29, 0.717) is 6.07 Å². The average Bonchev–Trinajstić information content (AvgIpc) is 2.27. The van der Waals surface area contributed by atoms with Crippen LogP contribution < -0.4 is 0 Å². The molecular weight excluding hydrogens is 253 g/mol. The molecule has 5 nitrogen and oxygen atoms in total. The Kier molecular flexibility index (Phi) is 3.82. The molecule has 0 radical (unpaired) electrons. The Morgan fingerprint density at radius 1 is 1.44 bits per heavy atom. The van der Waals surface area contributed by atoms with Crippen molar-refractivity contribution in [3.05, 3.63) is 33.4 Å². The van der Waals surface area contributed by atoms with Gasteiger partial charge in [0.1, 0.15) is 0 Å². The lowest BCUT2D eigenvalue weighted by Gasteiger charge is -2.12. The van der Waals surface area contributed by atoms with Crippen LogP contribution in [0.2, 0.25) is 0 Å². The summed E-state index contributed by atoms with van der Waals surface area (Å²) in [5.41, 5.74) is -2.56. The number of hydrogen-bond donors (Lipinski definition) is 0. The van der Waals surface area contributed by atoms with Gasteiger partial charge in [0.15, 0.2) is 5.69 Å². The Bertz CT molecular complexity index is 534. The van der Waals surface area contributed by atoms with Gasteiger partial charge in [-0.15, -0.1) is 0 Å². The number of aliphatic imine (C=N–C) groups is 1. The zero-order valence-corrected chi connectivity index (χ0v) is 9.11. The third kappa shape index (κ3) is 2.72. The first kappa shape index (κ1) is 13.9. The predicted octanol–water partition coefficient (Wildman–Crippen LogP) is 3.14.